The van der Waals surface area contributed by atoms with Crippen LogP contribution in [-0.4, -0.2) is 62.0 Å². The molecule has 2 amide bonds. The number of rotatable bonds is 5. The maximum atomic E-state index is 12.6. The Hall–Kier alpha value is -2.24. The Balaban J connectivity index is 2.01. The first-order chi connectivity index (χ1) is 11.1. The second-order valence-electron chi connectivity index (χ2n) is 5.49. The molecule has 0 bridgehead atoms. The highest BCUT2D eigenvalue weighted by Crippen LogP contribution is 2.28. The fraction of sp³-hybridized carbons (Fsp3) is 0.529. The number of nitrogens with zero attached hydrogens (tertiary/aromatic N) is 2. The summed E-state index contributed by atoms with van der Waals surface area (Å²) in [6.45, 7) is 4.30. The topological polar surface area (TPSA) is 59.1 Å². The Morgan fingerprint density at radius 2 is 1.61 bits per heavy atom. The molecule has 23 heavy (non-hydrogen) atoms. The third-order valence-electron chi connectivity index (χ3n) is 4.01. The van der Waals surface area contributed by atoms with E-state index in [4.69, 9.17) is 9.47 Å². The molecular formula is C17H24N2O4. The van der Waals surface area contributed by atoms with Crippen LogP contribution in [0.15, 0.2) is 18.2 Å². The highest BCUT2D eigenvalue weighted by Gasteiger charge is 2.24. The van der Waals surface area contributed by atoms with Gasteiger partial charge in [-0.3, -0.25) is 9.59 Å². The highest BCUT2D eigenvalue weighted by atomic mass is 16.5. The summed E-state index contributed by atoms with van der Waals surface area (Å²) in [5.41, 5.74) is 0.566. The number of carbonyl (C=O) groups excluding carboxylic acids is 2. The Bertz CT molecular complexity index is 566. The molecule has 0 aliphatic carbocycles. The Labute approximate surface area is 137 Å². The fourth-order valence-corrected chi connectivity index (χ4v) is 2.68. The number of benzene rings is 1. The van der Waals surface area contributed by atoms with Gasteiger partial charge in [0.05, 0.1) is 14.2 Å². The molecule has 0 N–H and O–H groups in total. The van der Waals surface area contributed by atoms with Gasteiger partial charge in [0.25, 0.3) is 5.91 Å². The first-order valence-corrected chi connectivity index (χ1v) is 7.89. The Kier molecular flexibility index (Phi) is 5.84. The summed E-state index contributed by atoms with van der Waals surface area (Å²) in [6, 6.07) is 5.15. The van der Waals surface area contributed by atoms with Crippen LogP contribution in [0.4, 0.5) is 0 Å². The van der Waals surface area contributed by atoms with Gasteiger partial charge in [-0.15, -0.1) is 0 Å². The molecule has 0 unspecified atom stereocenters. The van der Waals surface area contributed by atoms with Crippen molar-refractivity contribution < 1.29 is 19.1 Å². The van der Waals surface area contributed by atoms with Crippen molar-refractivity contribution >= 4 is 11.8 Å². The lowest BCUT2D eigenvalue weighted by atomic mass is 10.1. The first-order valence-electron chi connectivity index (χ1n) is 7.89. The molecule has 6 heteroatoms. The first kappa shape index (κ1) is 17.1. The molecule has 2 rings (SSSR count). The third kappa shape index (κ3) is 3.94. The van der Waals surface area contributed by atoms with Crippen LogP contribution in [0.3, 0.4) is 0 Å². The van der Waals surface area contributed by atoms with E-state index in [0.29, 0.717) is 49.7 Å². The van der Waals surface area contributed by atoms with Crippen molar-refractivity contribution in [2.45, 2.75) is 19.8 Å². The molecule has 0 spiro atoms. The molecular weight excluding hydrogens is 296 g/mol. The molecule has 1 saturated heterocycles. The summed E-state index contributed by atoms with van der Waals surface area (Å²) in [4.78, 5) is 28.1. The van der Waals surface area contributed by atoms with E-state index < -0.39 is 0 Å². The summed E-state index contributed by atoms with van der Waals surface area (Å²) in [5, 5.41) is 0. The van der Waals surface area contributed by atoms with E-state index in [9.17, 15) is 9.59 Å². The van der Waals surface area contributed by atoms with Crippen LogP contribution in [-0.2, 0) is 4.79 Å². The third-order valence-corrected chi connectivity index (χ3v) is 4.01. The zero-order valence-electron chi connectivity index (χ0n) is 14.0. The van der Waals surface area contributed by atoms with Crippen LogP contribution in [0, 0.1) is 0 Å². The van der Waals surface area contributed by atoms with E-state index >= 15 is 0 Å². The number of piperazine rings is 1. The number of amides is 2. The zero-order valence-corrected chi connectivity index (χ0v) is 14.0. The SMILES string of the molecule is CCCC(=O)N1CCN(C(=O)c2ccc(OC)c(OC)c2)CC1. The van der Waals surface area contributed by atoms with Crippen molar-refractivity contribution in [3.8, 4) is 11.5 Å². The monoisotopic (exact) mass is 320 g/mol. The van der Waals surface area contributed by atoms with Gasteiger partial charge in [0.2, 0.25) is 5.91 Å². The van der Waals surface area contributed by atoms with Crippen LogP contribution in [0.2, 0.25) is 0 Å². The van der Waals surface area contributed by atoms with Crippen LogP contribution < -0.4 is 9.47 Å². The number of hydrogen-bond donors (Lipinski definition) is 0. The minimum atomic E-state index is -0.0476. The van der Waals surface area contributed by atoms with E-state index in [1.54, 1.807) is 37.3 Å². The lowest BCUT2D eigenvalue weighted by molar-refractivity contribution is -0.132. The number of hydrogen-bond acceptors (Lipinski definition) is 4. The summed E-state index contributed by atoms with van der Waals surface area (Å²) < 4.78 is 10.4. The van der Waals surface area contributed by atoms with Crippen molar-refractivity contribution in [2.24, 2.45) is 0 Å². The standard InChI is InChI=1S/C17H24N2O4/c1-4-5-16(20)18-8-10-19(11-9-18)17(21)13-6-7-14(22-2)15(12-13)23-3/h6-7,12H,4-5,8-11H2,1-3H3. The molecule has 1 heterocycles. The minimum Gasteiger partial charge on any atom is -0.493 e. The van der Waals surface area contributed by atoms with Crippen LogP contribution in [0.5, 0.6) is 11.5 Å². The van der Waals surface area contributed by atoms with E-state index in [0.717, 1.165) is 6.42 Å². The summed E-state index contributed by atoms with van der Waals surface area (Å²) in [5.74, 6) is 1.26. The molecule has 6 nitrogen and oxygen atoms in total. The van der Waals surface area contributed by atoms with Crippen molar-refractivity contribution in [1.29, 1.82) is 0 Å². The largest absolute Gasteiger partial charge is 0.493 e. The van der Waals surface area contributed by atoms with Gasteiger partial charge in [-0.25, -0.2) is 0 Å². The number of methoxy groups -OCH3 is 2. The van der Waals surface area contributed by atoms with Gasteiger partial charge in [-0.1, -0.05) is 6.92 Å². The maximum Gasteiger partial charge on any atom is 0.254 e. The van der Waals surface area contributed by atoms with E-state index in [1.807, 2.05) is 11.8 Å². The highest BCUT2D eigenvalue weighted by molar-refractivity contribution is 5.95. The molecule has 1 aliphatic rings. The van der Waals surface area contributed by atoms with Crippen molar-refractivity contribution in [3.63, 3.8) is 0 Å². The van der Waals surface area contributed by atoms with Gasteiger partial charge >= 0.3 is 0 Å². The molecule has 1 aromatic rings. The van der Waals surface area contributed by atoms with Crippen molar-refractivity contribution in [3.05, 3.63) is 23.8 Å². The normalized spacial score (nSPS) is 14.6. The minimum absolute atomic E-state index is 0.0476. The average Bonchev–Trinajstić information content (AvgIpc) is 2.60. The predicted octanol–water partition coefficient (Wildman–Crippen LogP) is 1.79. The summed E-state index contributed by atoms with van der Waals surface area (Å²) >= 11 is 0. The van der Waals surface area contributed by atoms with Gasteiger partial charge in [0.1, 0.15) is 0 Å². The summed E-state index contributed by atoms with van der Waals surface area (Å²) in [7, 11) is 3.11. The van der Waals surface area contributed by atoms with Gasteiger partial charge in [-0.05, 0) is 24.6 Å². The van der Waals surface area contributed by atoms with E-state index in [2.05, 4.69) is 0 Å². The van der Waals surface area contributed by atoms with Crippen LogP contribution >= 0.6 is 0 Å². The number of carbonyl (C=O) groups is 2. The molecule has 1 fully saturated rings. The molecule has 0 atom stereocenters. The van der Waals surface area contributed by atoms with E-state index in [1.165, 1.54) is 0 Å². The van der Waals surface area contributed by atoms with Crippen molar-refractivity contribution in [1.82, 2.24) is 9.80 Å². The molecule has 0 radical (unpaired) electrons. The molecule has 0 saturated carbocycles. The molecule has 126 valence electrons. The Morgan fingerprint density at radius 1 is 1.00 bits per heavy atom. The maximum absolute atomic E-state index is 12.6. The van der Waals surface area contributed by atoms with Gasteiger partial charge in [0, 0.05) is 38.2 Å². The van der Waals surface area contributed by atoms with Gasteiger partial charge < -0.3 is 19.3 Å². The van der Waals surface area contributed by atoms with Crippen LogP contribution in [0.1, 0.15) is 30.1 Å². The second-order valence-corrected chi connectivity index (χ2v) is 5.49. The molecule has 1 aromatic carbocycles. The lowest BCUT2D eigenvalue weighted by Gasteiger charge is -2.35. The van der Waals surface area contributed by atoms with Gasteiger partial charge in [-0.2, -0.15) is 0 Å². The zero-order chi connectivity index (χ0) is 16.8. The average molecular weight is 320 g/mol. The smallest absolute Gasteiger partial charge is 0.254 e. The number of ether oxygens (including phenoxy) is 2. The fourth-order valence-electron chi connectivity index (χ4n) is 2.68. The van der Waals surface area contributed by atoms with Gasteiger partial charge in [0.15, 0.2) is 11.5 Å². The Morgan fingerprint density at radius 3 is 2.17 bits per heavy atom. The lowest BCUT2D eigenvalue weighted by Crippen LogP contribution is -2.50. The van der Waals surface area contributed by atoms with E-state index in [-0.39, 0.29) is 11.8 Å². The molecule has 1 aliphatic heterocycles. The quantitative estimate of drug-likeness (QED) is 0.830. The summed E-state index contributed by atoms with van der Waals surface area (Å²) in [6.07, 6.45) is 1.42. The predicted molar refractivity (Wildman–Crippen MR) is 86.9 cm³/mol. The second kappa shape index (κ2) is 7.85. The van der Waals surface area contributed by atoms with Crippen LogP contribution in [0.25, 0.3) is 0 Å². The molecule has 0 aromatic heterocycles. The van der Waals surface area contributed by atoms with Crippen molar-refractivity contribution in [2.75, 3.05) is 40.4 Å².